The molecule has 98 valence electrons. The Kier molecular flexibility index (Phi) is 4.45. The van der Waals surface area contributed by atoms with Crippen LogP contribution in [0, 0.1) is 3.57 Å². The van der Waals surface area contributed by atoms with Crippen LogP contribution in [0.5, 0.6) is 0 Å². The summed E-state index contributed by atoms with van der Waals surface area (Å²) in [6, 6.07) is 7.70. The molecule has 1 aliphatic rings. The van der Waals surface area contributed by atoms with Crippen LogP contribution in [0.4, 0.5) is 10.5 Å². The highest BCUT2D eigenvalue weighted by Gasteiger charge is 2.25. The van der Waals surface area contributed by atoms with Crippen LogP contribution in [0.3, 0.4) is 0 Å². The number of para-hydroxylation sites is 1. The third-order valence-electron chi connectivity index (χ3n) is 2.82. The zero-order chi connectivity index (χ0) is 13.1. The summed E-state index contributed by atoms with van der Waals surface area (Å²) in [5.41, 5.74) is 0.856. The first-order chi connectivity index (χ1) is 8.56. The van der Waals surface area contributed by atoms with Crippen molar-refractivity contribution in [2.75, 3.05) is 18.4 Å². The van der Waals surface area contributed by atoms with Gasteiger partial charge < -0.3 is 15.0 Å². The second-order valence-corrected chi connectivity index (χ2v) is 5.73. The molecule has 18 heavy (non-hydrogen) atoms. The van der Waals surface area contributed by atoms with E-state index in [0.717, 1.165) is 9.26 Å². The molecule has 1 aromatic rings. The molecule has 1 saturated heterocycles. The van der Waals surface area contributed by atoms with Crippen LogP contribution in [-0.4, -0.2) is 36.2 Å². The largest absolute Gasteiger partial charge is 0.372 e. The van der Waals surface area contributed by atoms with Crippen molar-refractivity contribution in [1.29, 1.82) is 0 Å². The van der Waals surface area contributed by atoms with Crippen molar-refractivity contribution < 1.29 is 9.53 Å². The van der Waals surface area contributed by atoms with Gasteiger partial charge in [-0.05, 0) is 48.6 Å². The highest BCUT2D eigenvalue weighted by Crippen LogP contribution is 2.18. The monoisotopic (exact) mass is 360 g/mol. The van der Waals surface area contributed by atoms with E-state index in [2.05, 4.69) is 27.9 Å². The van der Waals surface area contributed by atoms with Gasteiger partial charge in [0, 0.05) is 16.7 Å². The summed E-state index contributed by atoms with van der Waals surface area (Å²) in [5, 5.41) is 2.94. The Hall–Kier alpha value is -0.820. The molecule has 0 aliphatic carbocycles. The Balaban J connectivity index is 2.02. The van der Waals surface area contributed by atoms with Crippen LogP contribution >= 0.6 is 22.6 Å². The van der Waals surface area contributed by atoms with E-state index in [0.29, 0.717) is 13.1 Å². The van der Waals surface area contributed by atoms with E-state index in [1.54, 1.807) is 0 Å². The number of ether oxygens (including phenoxy) is 1. The molecule has 0 bridgehead atoms. The summed E-state index contributed by atoms with van der Waals surface area (Å²) in [5.74, 6) is 0. The minimum absolute atomic E-state index is 0.0545. The van der Waals surface area contributed by atoms with Crippen molar-refractivity contribution in [3.63, 3.8) is 0 Å². The maximum atomic E-state index is 12.2. The number of halogens is 1. The van der Waals surface area contributed by atoms with Crippen molar-refractivity contribution in [2.24, 2.45) is 0 Å². The van der Waals surface area contributed by atoms with E-state index in [1.807, 2.05) is 43.0 Å². The maximum absolute atomic E-state index is 12.2. The Morgan fingerprint density at radius 3 is 2.56 bits per heavy atom. The molecule has 0 aromatic heterocycles. The topological polar surface area (TPSA) is 41.6 Å². The number of rotatable bonds is 1. The molecule has 0 radical (unpaired) electrons. The number of hydrogen-bond acceptors (Lipinski definition) is 2. The molecular weight excluding hydrogens is 343 g/mol. The van der Waals surface area contributed by atoms with Gasteiger partial charge in [-0.15, -0.1) is 0 Å². The molecule has 0 spiro atoms. The van der Waals surface area contributed by atoms with E-state index in [9.17, 15) is 4.79 Å². The Morgan fingerprint density at radius 1 is 1.33 bits per heavy atom. The van der Waals surface area contributed by atoms with Gasteiger partial charge >= 0.3 is 6.03 Å². The van der Waals surface area contributed by atoms with Crippen LogP contribution in [-0.2, 0) is 4.74 Å². The molecule has 0 unspecified atom stereocenters. The second-order valence-electron chi connectivity index (χ2n) is 4.57. The zero-order valence-electron chi connectivity index (χ0n) is 10.5. The van der Waals surface area contributed by atoms with Crippen molar-refractivity contribution in [2.45, 2.75) is 26.1 Å². The number of carbonyl (C=O) groups excluding carboxylic acids is 1. The zero-order valence-corrected chi connectivity index (χ0v) is 12.7. The number of urea groups is 1. The average molecular weight is 360 g/mol. The fourth-order valence-corrected chi connectivity index (χ4v) is 2.62. The van der Waals surface area contributed by atoms with E-state index in [-0.39, 0.29) is 18.2 Å². The molecule has 2 amide bonds. The first-order valence-electron chi connectivity index (χ1n) is 6.02. The van der Waals surface area contributed by atoms with Gasteiger partial charge in [-0.2, -0.15) is 0 Å². The average Bonchev–Trinajstić information content (AvgIpc) is 2.31. The van der Waals surface area contributed by atoms with Gasteiger partial charge in [0.1, 0.15) is 0 Å². The second kappa shape index (κ2) is 5.88. The molecule has 4 nitrogen and oxygen atoms in total. The van der Waals surface area contributed by atoms with Gasteiger partial charge in [-0.25, -0.2) is 4.79 Å². The van der Waals surface area contributed by atoms with E-state index >= 15 is 0 Å². The fourth-order valence-electron chi connectivity index (χ4n) is 2.10. The molecule has 1 aromatic carbocycles. The smallest absolute Gasteiger partial charge is 0.322 e. The van der Waals surface area contributed by atoms with Crippen LogP contribution in [0.2, 0.25) is 0 Å². The number of carbonyl (C=O) groups is 1. The molecule has 1 heterocycles. The Morgan fingerprint density at radius 2 is 1.94 bits per heavy atom. The third kappa shape index (κ3) is 3.35. The van der Waals surface area contributed by atoms with Crippen LogP contribution in [0.25, 0.3) is 0 Å². The minimum Gasteiger partial charge on any atom is -0.372 e. The van der Waals surface area contributed by atoms with E-state index < -0.39 is 0 Å². The molecule has 2 rings (SSSR count). The summed E-state index contributed by atoms with van der Waals surface area (Å²) in [6.45, 7) is 5.25. The summed E-state index contributed by atoms with van der Waals surface area (Å²) < 4.78 is 6.66. The van der Waals surface area contributed by atoms with Gasteiger partial charge in [0.05, 0.1) is 17.9 Å². The van der Waals surface area contributed by atoms with Crippen LogP contribution in [0.1, 0.15) is 13.8 Å². The molecular formula is C13H17IN2O2. The lowest BCUT2D eigenvalue weighted by Crippen LogP contribution is -2.49. The number of hydrogen-bond donors (Lipinski definition) is 1. The normalized spacial score (nSPS) is 23.8. The number of nitrogens with zero attached hydrogens (tertiary/aromatic N) is 1. The van der Waals surface area contributed by atoms with E-state index in [4.69, 9.17) is 4.74 Å². The lowest BCUT2D eigenvalue weighted by molar-refractivity contribution is -0.0530. The number of amides is 2. The number of nitrogens with one attached hydrogen (secondary N) is 1. The molecule has 5 heteroatoms. The predicted octanol–water partition coefficient (Wildman–Crippen LogP) is 2.93. The van der Waals surface area contributed by atoms with Crippen molar-refractivity contribution in [3.8, 4) is 0 Å². The van der Waals surface area contributed by atoms with Gasteiger partial charge in [-0.1, -0.05) is 12.1 Å². The number of morpholine rings is 1. The highest BCUT2D eigenvalue weighted by atomic mass is 127. The maximum Gasteiger partial charge on any atom is 0.322 e. The SMILES string of the molecule is C[C@H]1CN(C(=O)Nc2ccccc2I)C[C@H](C)O1. The summed E-state index contributed by atoms with van der Waals surface area (Å²) >= 11 is 2.21. The first-order valence-corrected chi connectivity index (χ1v) is 7.10. The van der Waals surface area contributed by atoms with E-state index in [1.165, 1.54) is 0 Å². The fraction of sp³-hybridized carbons (Fsp3) is 0.462. The minimum atomic E-state index is -0.0545. The van der Waals surface area contributed by atoms with Crippen LogP contribution in [0.15, 0.2) is 24.3 Å². The summed E-state index contributed by atoms with van der Waals surface area (Å²) in [6.07, 6.45) is 0.184. The van der Waals surface area contributed by atoms with Crippen molar-refractivity contribution >= 4 is 34.3 Å². The number of anilines is 1. The third-order valence-corrected chi connectivity index (χ3v) is 3.76. The Labute approximate surface area is 121 Å². The van der Waals surface area contributed by atoms with Crippen molar-refractivity contribution in [1.82, 2.24) is 4.90 Å². The van der Waals surface area contributed by atoms with Gasteiger partial charge in [0.15, 0.2) is 0 Å². The van der Waals surface area contributed by atoms with Crippen LogP contribution < -0.4 is 5.32 Å². The molecule has 0 saturated carbocycles. The molecule has 1 N–H and O–H groups in total. The standard InChI is InChI=1S/C13H17IN2O2/c1-9-7-16(8-10(2)18-9)13(17)15-12-6-4-3-5-11(12)14/h3-6,9-10H,7-8H2,1-2H3,(H,15,17)/t9-,10-/m0/s1. The molecule has 2 atom stereocenters. The lowest BCUT2D eigenvalue weighted by Gasteiger charge is -2.35. The Bertz CT molecular complexity index is 429. The van der Waals surface area contributed by atoms with Gasteiger partial charge in [0.2, 0.25) is 0 Å². The van der Waals surface area contributed by atoms with Gasteiger partial charge in [-0.3, -0.25) is 0 Å². The summed E-state index contributed by atoms with van der Waals surface area (Å²) in [4.78, 5) is 14.0. The molecule has 1 aliphatic heterocycles. The number of benzene rings is 1. The quantitative estimate of drug-likeness (QED) is 0.783. The predicted molar refractivity (Wildman–Crippen MR) is 79.8 cm³/mol. The van der Waals surface area contributed by atoms with Gasteiger partial charge in [0.25, 0.3) is 0 Å². The molecule has 1 fully saturated rings. The highest BCUT2D eigenvalue weighted by molar-refractivity contribution is 14.1. The summed E-state index contributed by atoms with van der Waals surface area (Å²) in [7, 11) is 0. The first kappa shape index (κ1) is 13.6. The van der Waals surface area contributed by atoms with Crippen molar-refractivity contribution in [3.05, 3.63) is 27.8 Å². The lowest BCUT2D eigenvalue weighted by atomic mass is 10.2.